The third kappa shape index (κ3) is 1.80. The second-order valence-electron chi connectivity index (χ2n) is 4.08. The van der Waals surface area contributed by atoms with E-state index in [1.54, 1.807) is 27.0 Å². The van der Waals surface area contributed by atoms with Crippen molar-refractivity contribution in [3.8, 4) is 5.75 Å². The van der Waals surface area contributed by atoms with E-state index in [0.29, 0.717) is 34.4 Å². The van der Waals surface area contributed by atoms with Gasteiger partial charge in [-0.3, -0.25) is 4.79 Å². The van der Waals surface area contributed by atoms with E-state index in [1.807, 2.05) is 0 Å². The molecule has 0 amide bonds. The van der Waals surface area contributed by atoms with Crippen molar-refractivity contribution in [3.05, 3.63) is 39.2 Å². The van der Waals surface area contributed by atoms with Crippen LogP contribution in [0.3, 0.4) is 0 Å². The van der Waals surface area contributed by atoms with E-state index in [1.165, 1.54) is 6.07 Å². The van der Waals surface area contributed by atoms with Crippen LogP contribution < -0.4 is 10.7 Å². The second-order valence-corrected chi connectivity index (χ2v) is 4.08. The maximum absolute atomic E-state index is 12.1. The maximum atomic E-state index is 12.1. The van der Waals surface area contributed by atoms with Gasteiger partial charge < -0.3 is 14.8 Å². The fraction of sp³-hybridized carbons (Fsp3) is 0.308. The number of nitrogens with one attached hydrogen (secondary N) is 1. The molecule has 0 atom stereocenters. The molecule has 0 unspecified atom stereocenters. The molecule has 0 saturated heterocycles. The Morgan fingerprint density at radius 3 is 2.71 bits per heavy atom. The summed E-state index contributed by atoms with van der Waals surface area (Å²) in [6.45, 7) is 3.95. The molecule has 2 N–H and O–H groups in total. The Balaban J connectivity index is 2.90. The minimum absolute atomic E-state index is 0.0406. The Bertz CT molecular complexity index is 629. The van der Waals surface area contributed by atoms with Gasteiger partial charge in [0.2, 0.25) is 0 Å². The monoisotopic (exact) mass is 233 g/mol. The van der Waals surface area contributed by atoms with Gasteiger partial charge in [-0.1, -0.05) is 0 Å². The van der Waals surface area contributed by atoms with Crippen LogP contribution in [0.1, 0.15) is 16.9 Å². The van der Waals surface area contributed by atoms with Crippen LogP contribution in [0.2, 0.25) is 0 Å². The number of hydrogen-bond donors (Lipinski definition) is 2. The number of hydrogen-bond acceptors (Lipinski definition) is 4. The van der Waals surface area contributed by atoms with Crippen molar-refractivity contribution in [1.29, 1.82) is 0 Å². The summed E-state index contributed by atoms with van der Waals surface area (Å²) >= 11 is 0. The molecule has 2 rings (SSSR count). The standard InChI is InChI=1S/C13H15NO3/c1-7-8(2)17-13-9(12(7)16)4-5-11(15)10(13)6-14-3/h4-5,14-15H,6H2,1-3H3. The summed E-state index contributed by atoms with van der Waals surface area (Å²) in [5.74, 6) is 0.726. The molecule has 17 heavy (non-hydrogen) atoms. The molecule has 1 aromatic carbocycles. The molecular formula is C13H15NO3. The van der Waals surface area contributed by atoms with Crippen molar-refractivity contribution in [2.75, 3.05) is 7.05 Å². The Kier molecular flexibility index (Phi) is 2.90. The van der Waals surface area contributed by atoms with Crippen LogP contribution >= 0.6 is 0 Å². The van der Waals surface area contributed by atoms with Crippen LogP contribution in [0.5, 0.6) is 5.75 Å². The molecule has 0 aliphatic heterocycles. The molecule has 1 heterocycles. The van der Waals surface area contributed by atoms with Crippen molar-refractivity contribution in [3.63, 3.8) is 0 Å². The first-order valence-electron chi connectivity index (χ1n) is 5.45. The van der Waals surface area contributed by atoms with Gasteiger partial charge in [0.15, 0.2) is 5.43 Å². The highest BCUT2D eigenvalue weighted by molar-refractivity contribution is 5.82. The first-order valence-corrected chi connectivity index (χ1v) is 5.45. The van der Waals surface area contributed by atoms with Gasteiger partial charge in [-0.15, -0.1) is 0 Å². The zero-order valence-corrected chi connectivity index (χ0v) is 10.1. The molecule has 4 heteroatoms. The SMILES string of the molecule is CNCc1c(O)ccc2c(=O)c(C)c(C)oc12. The van der Waals surface area contributed by atoms with Crippen molar-refractivity contribution >= 4 is 11.0 Å². The van der Waals surface area contributed by atoms with Gasteiger partial charge in [-0.05, 0) is 33.0 Å². The van der Waals surface area contributed by atoms with E-state index in [-0.39, 0.29) is 11.2 Å². The van der Waals surface area contributed by atoms with Crippen LogP contribution in [0.15, 0.2) is 21.3 Å². The summed E-state index contributed by atoms with van der Waals surface area (Å²) in [4.78, 5) is 12.1. The summed E-state index contributed by atoms with van der Waals surface area (Å²) in [6, 6.07) is 3.13. The van der Waals surface area contributed by atoms with Gasteiger partial charge in [-0.25, -0.2) is 0 Å². The quantitative estimate of drug-likeness (QED) is 0.830. The molecule has 4 nitrogen and oxygen atoms in total. The Morgan fingerprint density at radius 1 is 1.35 bits per heavy atom. The maximum Gasteiger partial charge on any atom is 0.195 e. The lowest BCUT2D eigenvalue weighted by atomic mass is 10.1. The van der Waals surface area contributed by atoms with Crippen molar-refractivity contribution in [1.82, 2.24) is 5.32 Å². The molecule has 0 fully saturated rings. The van der Waals surface area contributed by atoms with Gasteiger partial charge in [0.25, 0.3) is 0 Å². The van der Waals surface area contributed by atoms with E-state index >= 15 is 0 Å². The van der Waals surface area contributed by atoms with Crippen LogP contribution in [0.25, 0.3) is 11.0 Å². The third-order valence-corrected chi connectivity index (χ3v) is 2.96. The Morgan fingerprint density at radius 2 is 2.06 bits per heavy atom. The molecule has 90 valence electrons. The topological polar surface area (TPSA) is 62.5 Å². The van der Waals surface area contributed by atoms with Crippen LogP contribution in [0.4, 0.5) is 0 Å². The summed E-state index contributed by atoms with van der Waals surface area (Å²) in [6.07, 6.45) is 0. The number of fused-ring (bicyclic) bond motifs is 1. The lowest BCUT2D eigenvalue weighted by molar-refractivity contribution is 0.462. The highest BCUT2D eigenvalue weighted by Crippen LogP contribution is 2.26. The predicted octanol–water partition coefficient (Wildman–Crippen LogP) is 1.83. The summed E-state index contributed by atoms with van der Waals surface area (Å²) < 4.78 is 5.64. The van der Waals surface area contributed by atoms with Gasteiger partial charge >= 0.3 is 0 Å². The lowest BCUT2D eigenvalue weighted by Gasteiger charge is -2.09. The summed E-state index contributed by atoms with van der Waals surface area (Å²) in [7, 11) is 1.78. The number of phenols is 1. The third-order valence-electron chi connectivity index (χ3n) is 2.96. The van der Waals surface area contributed by atoms with Gasteiger partial charge in [-0.2, -0.15) is 0 Å². The fourth-order valence-electron chi connectivity index (χ4n) is 1.85. The van der Waals surface area contributed by atoms with E-state index in [4.69, 9.17) is 4.42 Å². The van der Waals surface area contributed by atoms with Crippen LogP contribution in [-0.2, 0) is 6.54 Å². The highest BCUT2D eigenvalue weighted by Gasteiger charge is 2.13. The van der Waals surface area contributed by atoms with Crippen LogP contribution in [0, 0.1) is 13.8 Å². The van der Waals surface area contributed by atoms with Gasteiger partial charge in [0, 0.05) is 12.1 Å². The number of benzene rings is 1. The van der Waals surface area contributed by atoms with E-state index in [9.17, 15) is 9.90 Å². The molecular weight excluding hydrogens is 218 g/mol. The van der Waals surface area contributed by atoms with Crippen molar-refractivity contribution in [2.24, 2.45) is 0 Å². The lowest BCUT2D eigenvalue weighted by Crippen LogP contribution is -2.11. The molecule has 0 spiro atoms. The molecule has 2 aromatic rings. The smallest absolute Gasteiger partial charge is 0.195 e. The largest absolute Gasteiger partial charge is 0.507 e. The molecule has 0 aliphatic carbocycles. The zero-order chi connectivity index (χ0) is 12.6. The zero-order valence-electron chi connectivity index (χ0n) is 10.1. The first kappa shape index (κ1) is 11.7. The molecule has 0 bridgehead atoms. The average Bonchev–Trinajstić information content (AvgIpc) is 2.30. The average molecular weight is 233 g/mol. The van der Waals surface area contributed by atoms with E-state index in [2.05, 4.69) is 5.32 Å². The predicted molar refractivity (Wildman–Crippen MR) is 66.4 cm³/mol. The number of aromatic hydroxyl groups is 1. The first-order chi connectivity index (χ1) is 8.06. The van der Waals surface area contributed by atoms with Gasteiger partial charge in [0.05, 0.1) is 10.9 Å². The minimum atomic E-state index is -0.0406. The molecule has 0 radical (unpaired) electrons. The van der Waals surface area contributed by atoms with Crippen LogP contribution in [-0.4, -0.2) is 12.2 Å². The fourth-order valence-corrected chi connectivity index (χ4v) is 1.85. The number of phenolic OH excluding ortho intramolecular Hbond substituents is 1. The summed E-state index contributed by atoms with van der Waals surface area (Å²) in [5, 5.41) is 13.2. The van der Waals surface area contributed by atoms with E-state index in [0.717, 1.165) is 0 Å². The Labute approximate surface area is 98.9 Å². The van der Waals surface area contributed by atoms with Crippen molar-refractivity contribution in [2.45, 2.75) is 20.4 Å². The second kappa shape index (κ2) is 4.22. The molecule has 0 saturated carbocycles. The van der Waals surface area contributed by atoms with E-state index < -0.39 is 0 Å². The molecule has 1 aromatic heterocycles. The van der Waals surface area contributed by atoms with Gasteiger partial charge in [0.1, 0.15) is 17.1 Å². The summed E-state index contributed by atoms with van der Waals surface area (Å²) in [5.41, 5.74) is 1.65. The highest BCUT2D eigenvalue weighted by atomic mass is 16.3. The Hall–Kier alpha value is -1.81. The van der Waals surface area contributed by atoms with Crippen molar-refractivity contribution < 1.29 is 9.52 Å². The number of aryl methyl sites for hydroxylation is 1. The minimum Gasteiger partial charge on any atom is -0.507 e. The number of rotatable bonds is 2. The normalized spacial score (nSPS) is 11.0. The molecule has 0 aliphatic rings.